The molecule has 1 fully saturated rings. The predicted octanol–water partition coefficient (Wildman–Crippen LogP) is 4.78. The van der Waals surface area contributed by atoms with Gasteiger partial charge in [-0.15, -0.1) is 0 Å². The van der Waals surface area contributed by atoms with Crippen molar-refractivity contribution in [2.75, 3.05) is 0 Å². The smallest absolute Gasteiger partial charge is 0.148 e. The number of rotatable bonds is 7. The molecule has 0 amide bonds. The van der Waals surface area contributed by atoms with Crippen LogP contribution in [-0.2, 0) is 4.74 Å². The molecular formula is C15H24O. The van der Waals surface area contributed by atoms with Crippen molar-refractivity contribution in [3.05, 3.63) is 11.5 Å². The molecule has 1 aliphatic heterocycles. The minimum Gasteiger partial charge on any atom is -0.458 e. The van der Waals surface area contributed by atoms with Crippen molar-refractivity contribution in [2.45, 2.75) is 71.1 Å². The van der Waals surface area contributed by atoms with Crippen molar-refractivity contribution in [1.82, 2.24) is 0 Å². The summed E-state index contributed by atoms with van der Waals surface area (Å²) >= 11 is 0. The molecule has 0 spiro atoms. The Morgan fingerprint density at radius 3 is 2.75 bits per heavy atom. The van der Waals surface area contributed by atoms with Crippen molar-refractivity contribution >= 4 is 0 Å². The lowest BCUT2D eigenvalue weighted by atomic mass is 9.81. The Kier molecular flexibility index (Phi) is 2.73. The average molecular weight is 220 g/mol. The highest BCUT2D eigenvalue weighted by Gasteiger charge is 2.60. The van der Waals surface area contributed by atoms with Crippen LogP contribution in [0.15, 0.2) is 11.5 Å². The normalized spacial score (nSPS) is 34.2. The van der Waals surface area contributed by atoms with E-state index in [1.165, 1.54) is 75.7 Å². The topological polar surface area (TPSA) is 12.5 Å². The molecule has 0 radical (unpaired) electrons. The van der Waals surface area contributed by atoms with Gasteiger partial charge in [0.1, 0.15) is 11.5 Å². The van der Waals surface area contributed by atoms with Gasteiger partial charge in [-0.1, -0.05) is 45.4 Å². The van der Waals surface area contributed by atoms with Crippen molar-refractivity contribution in [1.29, 1.82) is 0 Å². The maximum atomic E-state index is 5.67. The molecule has 1 heteroatoms. The number of ether oxygens (including phenoxy) is 1. The van der Waals surface area contributed by atoms with Gasteiger partial charge in [0.25, 0.3) is 0 Å². The Morgan fingerprint density at radius 2 is 2.00 bits per heavy atom. The number of allylic oxidation sites excluding steroid dienone is 2. The van der Waals surface area contributed by atoms with Crippen LogP contribution in [0.3, 0.4) is 0 Å². The fraction of sp³-hybridized carbons (Fsp3) is 0.867. The quantitative estimate of drug-likeness (QED) is 0.562. The van der Waals surface area contributed by atoms with Gasteiger partial charge in [0, 0.05) is 11.3 Å². The number of hydrogen-bond donors (Lipinski definition) is 0. The van der Waals surface area contributed by atoms with Crippen molar-refractivity contribution in [2.24, 2.45) is 11.3 Å². The third-order valence-corrected chi connectivity index (χ3v) is 4.86. The zero-order chi connectivity index (χ0) is 11.0. The van der Waals surface area contributed by atoms with Gasteiger partial charge in [0.15, 0.2) is 0 Å². The maximum absolute atomic E-state index is 5.67. The second kappa shape index (κ2) is 4.09. The van der Waals surface area contributed by atoms with E-state index < -0.39 is 0 Å². The van der Waals surface area contributed by atoms with Gasteiger partial charge in [-0.2, -0.15) is 0 Å². The van der Waals surface area contributed by atoms with Gasteiger partial charge in [0.05, 0.1) is 0 Å². The summed E-state index contributed by atoms with van der Waals surface area (Å²) in [5.74, 6) is 3.70. The first-order valence-corrected chi connectivity index (χ1v) is 7.28. The molecule has 2 aliphatic carbocycles. The summed E-state index contributed by atoms with van der Waals surface area (Å²) in [4.78, 5) is 0. The molecule has 0 aromatic rings. The lowest BCUT2D eigenvalue weighted by molar-refractivity contribution is 0.229. The van der Waals surface area contributed by atoms with E-state index in [0.717, 1.165) is 5.92 Å². The standard InChI is InChI=1S/C15H24O/c1-2-3-4-5-6-7-9-15-10-8-12(11-15)13-14(15)16-13/h12H,2-11H2,1H3. The summed E-state index contributed by atoms with van der Waals surface area (Å²) in [5, 5.41) is 0. The van der Waals surface area contributed by atoms with Crippen LogP contribution >= 0.6 is 0 Å². The van der Waals surface area contributed by atoms with Crippen LogP contribution in [0, 0.1) is 11.3 Å². The molecule has 0 aromatic carbocycles. The van der Waals surface area contributed by atoms with Gasteiger partial charge in [0.2, 0.25) is 0 Å². The zero-order valence-electron chi connectivity index (χ0n) is 10.6. The second-order valence-electron chi connectivity index (χ2n) is 6.03. The molecule has 3 aliphatic rings. The number of unbranched alkanes of at least 4 members (excludes halogenated alkanes) is 5. The van der Waals surface area contributed by atoms with Gasteiger partial charge in [-0.25, -0.2) is 0 Å². The van der Waals surface area contributed by atoms with Crippen LogP contribution in [0.5, 0.6) is 0 Å². The van der Waals surface area contributed by atoms with E-state index in [2.05, 4.69) is 6.92 Å². The summed E-state index contributed by atoms with van der Waals surface area (Å²) in [7, 11) is 0. The Morgan fingerprint density at radius 1 is 1.19 bits per heavy atom. The second-order valence-corrected chi connectivity index (χ2v) is 6.03. The first-order chi connectivity index (χ1) is 7.86. The van der Waals surface area contributed by atoms with E-state index >= 15 is 0 Å². The van der Waals surface area contributed by atoms with E-state index in [4.69, 9.17) is 4.74 Å². The first kappa shape index (κ1) is 10.7. The molecule has 1 saturated carbocycles. The van der Waals surface area contributed by atoms with Gasteiger partial charge >= 0.3 is 0 Å². The van der Waals surface area contributed by atoms with Crippen LogP contribution in [0.4, 0.5) is 0 Å². The highest BCUT2D eigenvalue weighted by Crippen LogP contribution is 2.67. The summed E-state index contributed by atoms with van der Waals surface area (Å²) in [6.07, 6.45) is 14.2. The van der Waals surface area contributed by atoms with Crippen LogP contribution in [0.1, 0.15) is 71.1 Å². The lowest BCUT2D eigenvalue weighted by Gasteiger charge is -2.23. The maximum Gasteiger partial charge on any atom is 0.148 e. The summed E-state index contributed by atoms with van der Waals surface area (Å²) < 4.78 is 5.67. The van der Waals surface area contributed by atoms with E-state index in [0.29, 0.717) is 5.41 Å². The van der Waals surface area contributed by atoms with E-state index in [9.17, 15) is 0 Å². The molecule has 1 nitrogen and oxygen atoms in total. The summed E-state index contributed by atoms with van der Waals surface area (Å²) in [6.45, 7) is 2.29. The highest BCUT2D eigenvalue weighted by molar-refractivity contribution is 5.37. The highest BCUT2D eigenvalue weighted by atomic mass is 16.6. The average Bonchev–Trinajstić information content (AvgIpc) is 2.95. The molecule has 2 atom stereocenters. The third kappa shape index (κ3) is 1.69. The monoisotopic (exact) mass is 220 g/mol. The number of fused-ring (bicyclic) bond motifs is 4. The minimum atomic E-state index is 0.546. The first-order valence-electron chi connectivity index (χ1n) is 7.28. The fourth-order valence-corrected chi connectivity index (χ4v) is 3.86. The van der Waals surface area contributed by atoms with Gasteiger partial charge < -0.3 is 4.74 Å². The van der Waals surface area contributed by atoms with E-state index in [1.54, 1.807) is 0 Å². The lowest BCUT2D eigenvalue weighted by Crippen LogP contribution is -2.15. The fourth-order valence-electron chi connectivity index (χ4n) is 3.86. The van der Waals surface area contributed by atoms with Crippen LogP contribution in [0.25, 0.3) is 0 Å². The zero-order valence-corrected chi connectivity index (χ0v) is 10.6. The molecule has 3 rings (SSSR count). The van der Waals surface area contributed by atoms with Crippen LogP contribution in [-0.4, -0.2) is 0 Å². The molecular weight excluding hydrogens is 196 g/mol. The molecule has 2 bridgehead atoms. The Labute approximate surface area is 99.3 Å². The molecule has 90 valence electrons. The number of hydrogen-bond acceptors (Lipinski definition) is 1. The van der Waals surface area contributed by atoms with Crippen molar-refractivity contribution in [3.8, 4) is 0 Å². The Hall–Kier alpha value is -0.460. The third-order valence-electron chi connectivity index (χ3n) is 4.86. The van der Waals surface area contributed by atoms with Crippen LogP contribution < -0.4 is 0 Å². The summed E-state index contributed by atoms with van der Waals surface area (Å²) in [5.41, 5.74) is 0.546. The summed E-state index contributed by atoms with van der Waals surface area (Å²) in [6, 6.07) is 0. The van der Waals surface area contributed by atoms with Crippen molar-refractivity contribution < 1.29 is 4.74 Å². The molecule has 2 unspecified atom stereocenters. The SMILES string of the molecule is CCCCCCCCC12CCC(C1)C1=C2O1. The van der Waals surface area contributed by atoms with Crippen LogP contribution in [0.2, 0.25) is 0 Å². The largest absolute Gasteiger partial charge is 0.458 e. The Bertz CT molecular complexity index is 305. The molecule has 16 heavy (non-hydrogen) atoms. The molecule has 0 N–H and O–H groups in total. The molecule has 1 heterocycles. The van der Waals surface area contributed by atoms with Gasteiger partial charge in [-0.05, 0) is 25.7 Å². The van der Waals surface area contributed by atoms with Gasteiger partial charge in [-0.3, -0.25) is 0 Å². The predicted molar refractivity (Wildman–Crippen MR) is 65.9 cm³/mol. The molecule has 0 aromatic heterocycles. The molecule has 0 saturated heterocycles. The van der Waals surface area contributed by atoms with E-state index in [1.807, 2.05) is 0 Å². The van der Waals surface area contributed by atoms with Crippen molar-refractivity contribution in [3.63, 3.8) is 0 Å². The Balaban J connectivity index is 1.38. The van der Waals surface area contributed by atoms with E-state index in [-0.39, 0.29) is 0 Å². The minimum absolute atomic E-state index is 0.546.